The van der Waals surface area contributed by atoms with Crippen LogP contribution in [0.15, 0.2) is 84.2 Å². The molecule has 2 aliphatic heterocycles. The van der Waals surface area contributed by atoms with Crippen LogP contribution in [0, 0.1) is 12.7 Å². The Morgan fingerprint density at radius 3 is 2.21 bits per heavy atom. The lowest BCUT2D eigenvalue weighted by molar-refractivity contribution is -0.114. The molecule has 0 unspecified atom stereocenters. The Morgan fingerprint density at radius 1 is 0.808 bits per heavy atom. The largest absolute Gasteiger partial charge is 0.496 e. The first-order valence-electron chi connectivity index (χ1n) is 16.6. The van der Waals surface area contributed by atoms with E-state index in [1.807, 2.05) is 73.0 Å². The Labute approximate surface area is 306 Å². The minimum absolute atomic E-state index is 0.153. The third kappa shape index (κ3) is 7.52. The molecule has 0 aliphatic carbocycles. The van der Waals surface area contributed by atoms with Crippen LogP contribution in [0.2, 0.25) is 0 Å². The monoisotopic (exact) mass is 715 g/mol. The molecule has 8 nitrogen and oxygen atoms in total. The molecule has 10 heteroatoms. The molecule has 0 bridgehead atoms. The second-order valence-electron chi connectivity index (χ2n) is 12.7. The first-order chi connectivity index (χ1) is 24.9. The molecule has 0 atom stereocenters. The summed E-state index contributed by atoms with van der Waals surface area (Å²) < 4.78 is 24.5. The molecule has 3 amide bonds. The number of aryl methyl sites for hydroxylation is 1. The van der Waals surface area contributed by atoms with Crippen molar-refractivity contribution in [2.24, 2.45) is 0 Å². The number of ether oxygens (including phenoxy) is 2. The number of anilines is 3. The molecule has 0 spiro atoms. The maximum absolute atomic E-state index is 13.6. The molecular weight excluding hydrogens is 678 g/mol. The van der Waals surface area contributed by atoms with Crippen LogP contribution in [0.3, 0.4) is 0 Å². The minimum Gasteiger partial charge on any atom is -0.496 e. The van der Waals surface area contributed by atoms with Gasteiger partial charge in [0.1, 0.15) is 17.3 Å². The van der Waals surface area contributed by atoms with Crippen molar-refractivity contribution >= 4 is 69.4 Å². The number of fused-ring (bicyclic) bond motifs is 2. The summed E-state index contributed by atoms with van der Waals surface area (Å²) in [5.41, 5.74) is 9.37. The van der Waals surface area contributed by atoms with Crippen molar-refractivity contribution < 1.29 is 28.2 Å². The zero-order valence-electron chi connectivity index (χ0n) is 29.6. The summed E-state index contributed by atoms with van der Waals surface area (Å²) in [5, 5.41) is 10.4. The second-order valence-corrected chi connectivity index (χ2v) is 13.6. The first kappa shape index (κ1) is 35.8. The highest BCUT2D eigenvalue weighted by atomic mass is 32.1. The SMILES string of the molecule is COc1cc(C)c(C=C2C(=O)Nc3ccc(F)cc32)cc1C(C)C.COc1ccc(C=C2C(=O)Nc3cc(NC(C)=O)ccc32)cc1-c1cccs1. The van der Waals surface area contributed by atoms with Crippen LogP contribution < -0.4 is 25.4 Å². The van der Waals surface area contributed by atoms with Gasteiger partial charge in [-0.15, -0.1) is 11.3 Å². The molecule has 0 saturated heterocycles. The highest BCUT2D eigenvalue weighted by molar-refractivity contribution is 7.13. The lowest BCUT2D eigenvalue weighted by atomic mass is 9.94. The molecule has 52 heavy (non-hydrogen) atoms. The van der Waals surface area contributed by atoms with Crippen molar-refractivity contribution in [1.29, 1.82) is 0 Å². The van der Waals surface area contributed by atoms with Gasteiger partial charge in [-0.1, -0.05) is 32.0 Å². The number of benzene rings is 4. The van der Waals surface area contributed by atoms with Crippen molar-refractivity contribution in [2.45, 2.75) is 33.6 Å². The van der Waals surface area contributed by atoms with Gasteiger partial charge in [0.25, 0.3) is 11.8 Å². The topological polar surface area (TPSA) is 106 Å². The van der Waals surface area contributed by atoms with Crippen LogP contribution in [0.5, 0.6) is 11.5 Å². The van der Waals surface area contributed by atoms with Crippen LogP contribution >= 0.6 is 11.3 Å². The van der Waals surface area contributed by atoms with E-state index in [-0.39, 0.29) is 23.5 Å². The van der Waals surface area contributed by atoms with Crippen LogP contribution in [0.25, 0.3) is 33.7 Å². The number of nitrogens with one attached hydrogen (secondary N) is 3. The molecule has 0 fully saturated rings. The van der Waals surface area contributed by atoms with E-state index < -0.39 is 0 Å². The Bertz CT molecular complexity index is 2270. The van der Waals surface area contributed by atoms with Crippen molar-refractivity contribution in [2.75, 3.05) is 30.2 Å². The van der Waals surface area contributed by atoms with Gasteiger partial charge in [-0.2, -0.15) is 0 Å². The zero-order chi connectivity index (χ0) is 37.1. The molecule has 264 valence electrons. The Morgan fingerprint density at radius 2 is 1.54 bits per heavy atom. The van der Waals surface area contributed by atoms with Gasteiger partial charge in [-0.25, -0.2) is 4.39 Å². The highest BCUT2D eigenvalue weighted by Gasteiger charge is 2.26. The Balaban J connectivity index is 0.000000181. The molecule has 5 aromatic rings. The fourth-order valence-corrected chi connectivity index (χ4v) is 6.93. The van der Waals surface area contributed by atoms with E-state index >= 15 is 0 Å². The van der Waals surface area contributed by atoms with Crippen LogP contribution in [0.1, 0.15) is 60.1 Å². The van der Waals surface area contributed by atoms with Gasteiger partial charge in [0.2, 0.25) is 5.91 Å². The molecule has 0 saturated carbocycles. The third-order valence-electron chi connectivity index (χ3n) is 8.75. The smallest absolute Gasteiger partial charge is 0.256 e. The van der Waals surface area contributed by atoms with Gasteiger partial charge < -0.3 is 25.4 Å². The van der Waals surface area contributed by atoms with Crippen LogP contribution in [-0.2, 0) is 14.4 Å². The number of carbonyl (C=O) groups excluding carboxylic acids is 3. The number of methoxy groups -OCH3 is 2. The number of rotatable bonds is 7. The van der Waals surface area contributed by atoms with Crippen LogP contribution in [0.4, 0.5) is 21.5 Å². The number of hydrogen-bond acceptors (Lipinski definition) is 6. The Kier molecular flexibility index (Phi) is 10.4. The normalized spacial score (nSPS) is 14.4. The molecule has 0 radical (unpaired) electrons. The van der Waals surface area contributed by atoms with E-state index in [2.05, 4.69) is 29.8 Å². The van der Waals surface area contributed by atoms with E-state index in [4.69, 9.17) is 9.47 Å². The van der Waals surface area contributed by atoms with E-state index in [9.17, 15) is 18.8 Å². The standard InChI is InChI=1S/C22H18N2O3S.C20H20FNO2/c1-13(25)23-15-6-7-16-17(22(26)24-19(16)12-15)10-14-5-8-20(27-2)18(11-14)21-4-3-9-28-21;1-11(2)15-8-13(12(3)7-19(15)24-4)9-17-16-10-14(21)5-6-18(16)22-20(17)23/h3-12H,1-2H3,(H,23,25)(H,24,26);5-11H,1-4H3,(H,22,23). The Hall–Kier alpha value is -6.00. The molecule has 3 N–H and O–H groups in total. The summed E-state index contributed by atoms with van der Waals surface area (Å²) in [5.74, 6) is 1.04. The quantitative estimate of drug-likeness (QED) is 0.146. The average Bonchev–Trinajstić information content (AvgIpc) is 3.83. The molecule has 3 heterocycles. The molecule has 7 rings (SSSR count). The predicted octanol–water partition coefficient (Wildman–Crippen LogP) is 9.63. The first-order valence-corrected chi connectivity index (χ1v) is 17.5. The summed E-state index contributed by atoms with van der Waals surface area (Å²) in [6.07, 6.45) is 3.69. The van der Waals surface area contributed by atoms with Crippen LogP contribution in [-0.4, -0.2) is 31.9 Å². The van der Waals surface area contributed by atoms with Crippen molar-refractivity contribution in [3.05, 3.63) is 123 Å². The summed E-state index contributed by atoms with van der Waals surface area (Å²) >= 11 is 1.64. The fourth-order valence-electron chi connectivity index (χ4n) is 6.18. The third-order valence-corrected chi connectivity index (χ3v) is 9.65. The molecule has 4 aromatic carbocycles. The van der Waals surface area contributed by atoms with E-state index in [1.165, 1.54) is 19.1 Å². The number of amides is 3. The number of thiophene rings is 1. The van der Waals surface area contributed by atoms with Gasteiger partial charge in [0, 0.05) is 51.0 Å². The highest BCUT2D eigenvalue weighted by Crippen LogP contribution is 2.39. The zero-order valence-corrected chi connectivity index (χ0v) is 30.5. The minimum atomic E-state index is -0.356. The van der Waals surface area contributed by atoms with Crippen molar-refractivity contribution in [3.8, 4) is 21.9 Å². The molecule has 2 aliphatic rings. The van der Waals surface area contributed by atoms with Crippen molar-refractivity contribution in [3.63, 3.8) is 0 Å². The van der Waals surface area contributed by atoms with Gasteiger partial charge in [0.05, 0.1) is 19.9 Å². The summed E-state index contributed by atoms with van der Waals surface area (Å²) in [6.45, 7) is 7.61. The van der Waals surface area contributed by atoms with Gasteiger partial charge in [0.15, 0.2) is 0 Å². The second kappa shape index (κ2) is 15.1. The lowest BCUT2D eigenvalue weighted by Crippen LogP contribution is -2.06. The molecule has 1 aromatic heterocycles. The fraction of sp³-hybridized carbons (Fsp3) is 0.167. The lowest BCUT2D eigenvalue weighted by Gasteiger charge is -2.15. The number of hydrogen-bond donors (Lipinski definition) is 3. The summed E-state index contributed by atoms with van der Waals surface area (Å²) in [4.78, 5) is 37.1. The van der Waals surface area contributed by atoms with E-state index in [0.29, 0.717) is 39.7 Å². The van der Waals surface area contributed by atoms with Crippen molar-refractivity contribution in [1.82, 2.24) is 0 Å². The predicted molar refractivity (Wildman–Crippen MR) is 208 cm³/mol. The summed E-state index contributed by atoms with van der Waals surface area (Å²) in [7, 11) is 3.31. The molecular formula is C42H38FN3O5S. The van der Waals surface area contributed by atoms with Gasteiger partial charge >= 0.3 is 0 Å². The maximum Gasteiger partial charge on any atom is 0.256 e. The number of halogens is 1. The summed E-state index contributed by atoms with van der Waals surface area (Å²) in [6, 6.07) is 23.6. The maximum atomic E-state index is 13.6. The van der Waals surface area contributed by atoms with Gasteiger partial charge in [-0.05, 0) is 113 Å². The average molecular weight is 716 g/mol. The van der Waals surface area contributed by atoms with E-state index in [0.717, 1.165) is 49.8 Å². The van der Waals surface area contributed by atoms with Gasteiger partial charge in [-0.3, -0.25) is 14.4 Å². The number of carbonyl (C=O) groups is 3. The van der Waals surface area contributed by atoms with E-state index in [1.54, 1.807) is 43.8 Å².